The van der Waals surface area contributed by atoms with Gasteiger partial charge in [-0.15, -0.1) is 0 Å². The molecule has 0 saturated carbocycles. The molecule has 1 heterocycles. The van der Waals surface area contributed by atoms with Crippen LogP contribution in [0, 0.1) is 6.92 Å². The van der Waals surface area contributed by atoms with Gasteiger partial charge in [-0.1, -0.05) is 18.6 Å². The molecule has 0 aliphatic carbocycles. The third-order valence-corrected chi connectivity index (χ3v) is 3.41. The summed E-state index contributed by atoms with van der Waals surface area (Å²) in [5.41, 5.74) is 2.46. The van der Waals surface area contributed by atoms with E-state index in [0.29, 0.717) is 5.92 Å². The Hall–Kier alpha value is -1.28. The molecule has 104 valence electrons. The second kappa shape index (κ2) is 5.38. The van der Waals surface area contributed by atoms with Gasteiger partial charge in [0.2, 0.25) is 0 Å². The molecule has 0 fully saturated rings. The van der Waals surface area contributed by atoms with Gasteiger partial charge in [0.1, 0.15) is 11.3 Å². The highest BCUT2D eigenvalue weighted by molar-refractivity contribution is 5.78. The predicted octanol–water partition coefficient (Wildman–Crippen LogP) is 4.62. The molecule has 0 aliphatic heterocycles. The molecular weight excluding hydrogens is 234 g/mol. The van der Waals surface area contributed by atoms with Crippen LogP contribution in [0.25, 0.3) is 11.0 Å². The maximum atomic E-state index is 5.94. The molecule has 1 unspecified atom stereocenters. The lowest BCUT2D eigenvalue weighted by Crippen LogP contribution is -2.36. The van der Waals surface area contributed by atoms with Crippen LogP contribution >= 0.6 is 0 Å². The molecule has 19 heavy (non-hydrogen) atoms. The van der Waals surface area contributed by atoms with Gasteiger partial charge in [0.15, 0.2) is 0 Å². The zero-order valence-corrected chi connectivity index (χ0v) is 12.7. The summed E-state index contributed by atoms with van der Waals surface area (Å²) >= 11 is 0. The lowest BCUT2D eigenvalue weighted by molar-refractivity contribution is 0.401. The number of nitrogens with one attached hydrogen (secondary N) is 1. The Labute approximate surface area is 116 Å². The quantitative estimate of drug-likeness (QED) is 0.866. The maximum Gasteiger partial charge on any atom is 0.134 e. The minimum Gasteiger partial charge on any atom is -0.461 e. The van der Waals surface area contributed by atoms with E-state index in [1.807, 2.05) is 0 Å². The summed E-state index contributed by atoms with van der Waals surface area (Å²) in [6.45, 7) is 11.9. The number of aryl methyl sites for hydroxylation is 1. The number of furan rings is 1. The van der Waals surface area contributed by atoms with Crippen molar-refractivity contribution in [2.45, 2.75) is 52.5 Å². The van der Waals surface area contributed by atoms with E-state index in [2.05, 4.69) is 64.2 Å². The van der Waals surface area contributed by atoms with Crippen molar-refractivity contribution in [1.29, 1.82) is 0 Å². The summed E-state index contributed by atoms with van der Waals surface area (Å²) in [5.74, 6) is 1.54. The Morgan fingerprint density at radius 3 is 2.63 bits per heavy atom. The van der Waals surface area contributed by atoms with Crippen molar-refractivity contribution < 1.29 is 4.42 Å². The molecule has 0 radical (unpaired) electrons. The van der Waals surface area contributed by atoms with Crippen LogP contribution < -0.4 is 5.32 Å². The molecule has 1 aromatic carbocycles. The molecule has 1 aromatic heterocycles. The fourth-order valence-electron chi connectivity index (χ4n) is 2.23. The van der Waals surface area contributed by atoms with Crippen LogP contribution in [-0.4, -0.2) is 12.1 Å². The smallest absolute Gasteiger partial charge is 0.134 e. The van der Waals surface area contributed by atoms with Crippen LogP contribution in [0.2, 0.25) is 0 Å². The van der Waals surface area contributed by atoms with Gasteiger partial charge < -0.3 is 9.73 Å². The van der Waals surface area contributed by atoms with Crippen LogP contribution in [0.3, 0.4) is 0 Å². The highest BCUT2D eigenvalue weighted by atomic mass is 16.3. The van der Waals surface area contributed by atoms with E-state index in [-0.39, 0.29) is 5.54 Å². The third kappa shape index (κ3) is 3.84. The number of benzene rings is 1. The minimum absolute atomic E-state index is 0.185. The number of rotatable bonds is 4. The highest BCUT2D eigenvalue weighted by Crippen LogP contribution is 2.27. The average Bonchev–Trinajstić information content (AvgIpc) is 2.70. The molecular formula is C17H25NO. The van der Waals surface area contributed by atoms with E-state index in [9.17, 15) is 0 Å². The Bertz CT molecular complexity index is 548. The zero-order valence-electron chi connectivity index (χ0n) is 12.7. The Balaban J connectivity index is 2.03. The number of hydrogen-bond acceptors (Lipinski definition) is 2. The highest BCUT2D eigenvalue weighted by Gasteiger charge is 2.13. The van der Waals surface area contributed by atoms with E-state index in [1.54, 1.807) is 0 Å². The molecule has 0 amide bonds. The summed E-state index contributed by atoms with van der Waals surface area (Å²) in [6.07, 6.45) is 1.09. The van der Waals surface area contributed by atoms with Crippen molar-refractivity contribution in [1.82, 2.24) is 5.32 Å². The summed E-state index contributed by atoms with van der Waals surface area (Å²) in [6, 6.07) is 8.53. The first-order valence-corrected chi connectivity index (χ1v) is 7.10. The average molecular weight is 259 g/mol. The molecule has 1 N–H and O–H groups in total. The second-order valence-electron chi connectivity index (χ2n) is 6.56. The van der Waals surface area contributed by atoms with Crippen molar-refractivity contribution >= 4 is 11.0 Å². The molecule has 2 heteroatoms. The van der Waals surface area contributed by atoms with Crippen LogP contribution in [-0.2, 0) is 0 Å². The molecule has 2 rings (SSSR count). The molecule has 0 saturated heterocycles. The van der Waals surface area contributed by atoms with Gasteiger partial charge in [0.25, 0.3) is 0 Å². The monoisotopic (exact) mass is 259 g/mol. The van der Waals surface area contributed by atoms with E-state index in [4.69, 9.17) is 4.42 Å². The largest absolute Gasteiger partial charge is 0.461 e. The molecule has 0 aliphatic rings. The van der Waals surface area contributed by atoms with Crippen molar-refractivity contribution in [3.8, 4) is 0 Å². The van der Waals surface area contributed by atoms with Gasteiger partial charge in [-0.3, -0.25) is 0 Å². The van der Waals surface area contributed by atoms with Crippen molar-refractivity contribution in [3.63, 3.8) is 0 Å². The van der Waals surface area contributed by atoms with Crippen LogP contribution in [0.1, 0.15) is 51.4 Å². The predicted molar refractivity (Wildman–Crippen MR) is 81.7 cm³/mol. The van der Waals surface area contributed by atoms with E-state index >= 15 is 0 Å². The SMILES string of the molecule is Cc1ccc2oc(C(C)CCNC(C)(C)C)cc2c1. The van der Waals surface area contributed by atoms with Crippen molar-refractivity contribution in [3.05, 3.63) is 35.6 Å². The lowest BCUT2D eigenvalue weighted by atomic mass is 10.0. The summed E-state index contributed by atoms with van der Waals surface area (Å²) < 4.78 is 5.94. The summed E-state index contributed by atoms with van der Waals surface area (Å²) in [7, 11) is 0. The second-order valence-corrected chi connectivity index (χ2v) is 6.56. The minimum atomic E-state index is 0.185. The Morgan fingerprint density at radius 2 is 1.95 bits per heavy atom. The molecule has 0 bridgehead atoms. The topological polar surface area (TPSA) is 25.2 Å². The number of hydrogen-bond donors (Lipinski definition) is 1. The third-order valence-electron chi connectivity index (χ3n) is 3.41. The molecule has 2 nitrogen and oxygen atoms in total. The zero-order chi connectivity index (χ0) is 14.0. The maximum absolute atomic E-state index is 5.94. The molecule has 1 atom stereocenters. The summed E-state index contributed by atoms with van der Waals surface area (Å²) in [5, 5.41) is 4.74. The van der Waals surface area contributed by atoms with E-state index < -0.39 is 0 Å². The van der Waals surface area contributed by atoms with Crippen molar-refractivity contribution in [2.24, 2.45) is 0 Å². The first-order valence-electron chi connectivity index (χ1n) is 7.10. The number of fused-ring (bicyclic) bond motifs is 1. The standard InChI is InChI=1S/C17H25NO/c1-12-6-7-15-14(10-12)11-16(19-15)13(2)8-9-18-17(3,4)5/h6-7,10-11,13,18H,8-9H2,1-5H3. The fraction of sp³-hybridized carbons (Fsp3) is 0.529. The molecule has 0 spiro atoms. The normalized spacial score (nSPS) is 13.9. The van der Waals surface area contributed by atoms with E-state index in [0.717, 1.165) is 24.3 Å². The van der Waals surface area contributed by atoms with Gasteiger partial charge in [-0.05, 0) is 58.9 Å². The van der Waals surface area contributed by atoms with Crippen LogP contribution in [0.5, 0.6) is 0 Å². The van der Waals surface area contributed by atoms with Gasteiger partial charge in [-0.2, -0.15) is 0 Å². The van der Waals surface area contributed by atoms with Crippen LogP contribution in [0.15, 0.2) is 28.7 Å². The van der Waals surface area contributed by atoms with Gasteiger partial charge in [0, 0.05) is 16.8 Å². The Kier molecular flexibility index (Phi) is 4.00. The first-order chi connectivity index (χ1) is 8.85. The van der Waals surface area contributed by atoms with Gasteiger partial charge in [0.05, 0.1) is 0 Å². The first kappa shape index (κ1) is 14.1. The lowest BCUT2D eigenvalue weighted by Gasteiger charge is -2.21. The molecule has 2 aromatic rings. The van der Waals surface area contributed by atoms with Gasteiger partial charge >= 0.3 is 0 Å². The van der Waals surface area contributed by atoms with Gasteiger partial charge in [-0.25, -0.2) is 0 Å². The summed E-state index contributed by atoms with van der Waals surface area (Å²) in [4.78, 5) is 0. The van der Waals surface area contributed by atoms with E-state index in [1.165, 1.54) is 10.9 Å². The van der Waals surface area contributed by atoms with Crippen molar-refractivity contribution in [2.75, 3.05) is 6.54 Å². The Morgan fingerprint density at radius 1 is 1.21 bits per heavy atom. The fourth-order valence-corrected chi connectivity index (χ4v) is 2.23. The van der Waals surface area contributed by atoms with Crippen LogP contribution in [0.4, 0.5) is 0 Å².